The van der Waals surface area contributed by atoms with E-state index in [2.05, 4.69) is 15.8 Å². The van der Waals surface area contributed by atoms with Crippen LogP contribution in [-0.2, 0) is 0 Å². The first kappa shape index (κ1) is 17.2. The van der Waals surface area contributed by atoms with Crippen molar-refractivity contribution in [2.45, 2.75) is 6.92 Å². The Labute approximate surface area is 162 Å². The van der Waals surface area contributed by atoms with Gasteiger partial charge in [0.15, 0.2) is 5.11 Å². The van der Waals surface area contributed by atoms with Crippen LogP contribution in [0.25, 0.3) is 10.8 Å². The topological polar surface area (TPSA) is 62.7 Å². The van der Waals surface area contributed by atoms with Gasteiger partial charge in [-0.3, -0.25) is 10.2 Å². The molecule has 0 radical (unpaired) electrons. The molecule has 0 heterocycles. The molecule has 134 valence electrons. The number of ketones is 1. The number of anilines is 1. The van der Waals surface area contributed by atoms with E-state index in [0.29, 0.717) is 23.0 Å². The zero-order valence-electron chi connectivity index (χ0n) is 14.7. The third-order valence-electron chi connectivity index (χ3n) is 4.31. The van der Waals surface area contributed by atoms with Crippen molar-refractivity contribution in [2.75, 3.05) is 11.9 Å². The Morgan fingerprint density at radius 2 is 1.74 bits per heavy atom. The Hall–Kier alpha value is -3.25. The predicted octanol–water partition coefficient (Wildman–Crippen LogP) is 4.13. The van der Waals surface area contributed by atoms with Crippen LogP contribution in [0.5, 0.6) is 5.75 Å². The van der Waals surface area contributed by atoms with E-state index < -0.39 is 0 Å². The lowest BCUT2D eigenvalue weighted by Crippen LogP contribution is -2.26. The highest BCUT2D eigenvalue weighted by atomic mass is 32.1. The van der Waals surface area contributed by atoms with E-state index in [1.54, 1.807) is 0 Å². The van der Waals surface area contributed by atoms with Crippen LogP contribution in [0.2, 0.25) is 0 Å². The van der Waals surface area contributed by atoms with Crippen molar-refractivity contribution < 1.29 is 9.53 Å². The second-order valence-electron chi connectivity index (χ2n) is 6.02. The number of hydrogen-bond acceptors (Lipinski definition) is 4. The van der Waals surface area contributed by atoms with Gasteiger partial charge in [0.1, 0.15) is 11.5 Å². The lowest BCUT2D eigenvalue weighted by atomic mass is 10.1. The quantitative estimate of drug-likeness (QED) is 0.530. The summed E-state index contributed by atoms with van der Waals surface area (Å²) in [5, 5.41) is 9.59. The van der Waals surface area contributed by atoms with Crippen molar-refractivity contribution >= 4 is 45.3 Å². The normalized spacial score (nSPS) is 13.8. The van der Waals surface area contributed by atoms with E-state index in [1.807, 2.05) is 67.6 Å². The van der Waals surface area contributed by atoms with Gasteiger partial charge in [-0.25, -0.2) is 0 Å². The standard InChI is InChI=1S/C21H17N3O2S/c1-2-26-15-11-9-14(10-12-15)22-21(27)24-23-19-16-7-3-5-13-6-4-8-17(18(13)16)20(19)25/h3-12H,2H2,1H3,(H2,22,24,27)/b23-19+. The lowest BCUT2D eigenvalue weighted by molar-refractivity contribution is 0.106. The fraction of sp³-hybridized carbons (Fsp3) is 0.0952. The van der Waals surface area contributed by atoms with Crippen LogP contribution in [0.1, 0.15) is 22.8 Å². The maximum atomic E-state index is 12.7. The number of nitrogens with one attached hydrogen (secondary N) is 2. The Morgan fingerprint density at radius 1 is 1.04 bits per heavy atom. The fourth-order valence-corrected chi connectivity index (χ4v) is 3.32. The van der Waals surface area contributed by atoms with Crippen molar-refractivity contribution in [2.24, 2.45) is 5.10 Å². The van der Waals surface area contributed by atoms with Crippen molar-refractivity contribution in [3.8, 4) is 5.75 Å². The summed E-state index contributed by atoms with van der Waals surface area (Å²) in [6.07, 6.45) is 0. The predicted molar refractivity (Wildman–Crippen MR) is 112 cm³/mol. The highest BCUT2D eigenvalue weighted by Crippen LogP contribution is 2.30. The van der Waals surface area contributed by atoms with Crippen LogP contribution in [0, 0.1) is 0 Å². The minimum absolute atomic E-state index is 0.0989. The third kappa shape index (κ3) is 3.27. The average Bonchev–Trinajstić information content (AvgIpc) is 2.96. The van der Waals surface area contributed by atoms with Crippen LogP contribution in [0.4, 0.5) is 5.69 Å². The molecule has 2 N–H and O–H groups in total. The second-order valence-corrected chi connectivity index (χ2v) is 6.43. The molecule has 1 aliphatic rings. The zero-order valence-corrected chi connectivity index (χ0v) is 15.5. The van der Waals surface area contributed by atoms with Crippen LogP contribution >= 0.6 is 12.2 Å². The van der Waals surface area contributed by atoms with Gasteiger partial charge in [0.05, 0.1) is 6.61 Å². The number of ether oxygens (including phenoxy) is 1. The molecule has 0 spiro atoms. The molecule has 0 fully saturated rings. The molecule has 0 bridgehead atoms. The lowest BCUT2D eigenvalue weighted by Gasteiger charge is -2.09. The van der Waals surface area contributed by atoms with Gasteiger partial charge in [-0.15, -0.1) is 0 Å². The van der Waals surface area contributed by atoms with E-state index in [0.717, 1.165) is 27.8 Å². The number of nitrogens with zero attached hydrogens (tertiary/aromatic N) is 1. The summed E-state index contributed by atoms with van der Waals surface area (Å²) >= 11 is 5.29. The molecule has 6 heteroatoms. The van der Waals surface area contributed by atoms with Gasteiger partial charge < -0.3 is 10.1 Å². The maximum absolute atomic E-state index is 12.7. The van der Waals surface area contributed by atoms with Crippen LogP contribution in [0.3, 0.4) is 0 Å². The molecule has 0 saturated carbocycles. The first-order valence-corrected chi connectivity index (χ1v) is 9.02. The molecule has 3 aromatic rings. The average molecular weight is 375 g/mol. The van der Waals surface area contributed by atoms with Crippen LogP contribution in [0.15, 0.2) is 65.8 Å². The van der Waals surface area contributed by atoms with E-state index in [9.17, 15) is 4.79 Å². The molecule has 0 amide bonds. The van der Waals surface area contributed by atoms with Gasteiger partial charge in [-0.2, -0.15) is 5.10 Å². The number of carbonyl (C=O) groups is 1. The van der Waals surface area contributed by atoms with Gasteiger partial charge in [0.2, 0.25) is 5.78 Å². The van der Waals surface area contributed by atoms with Crippen molar-refractivity contribution in [1.29, 1.82) is 0 Å². The molecule has 0 saturated heterocycles. The molecule has 5 nitrogen and oxygen atoms in total. The number of hydrogen-bond donors (Lipinski definition) is 2. The number of carbonyl (C=O) groups excluding carboxylic acids is 1. The maximum Gasteiger partial charge on any atom is 0.214 e. The van der Waals surface area contributed by atoms with Gasteiger partial charge in [0, 0.05) is 22.2 Å². The molecule has 0 atom stereocenters. The van der Waals surface area contributed by atoms with Gasteiger partial charge in [-0.05, 0) is 48.8 Å². The largest absolute Gasteiger partial charge is 0.494 e. The van der Waals surface area contributed by atoms with Crippen molar-refractivity contribution in [1.82, 2.24) is 5.43 Å². The number of thiocarbonyl (C=S) groups is 1. The van der Waals surface area contributed by atoms with Crippen molar-refractivity contribution in [3.63, 3.8) is 0 Å². The fourth-order valence-electron chi connectivity index (χ4n) is 3.16. The highest BCUT2D eigenvalue weighted by molar-refractivity contribution is 7.80. The molecule has 0 aromatic heterocycles. The Bertz CT molecular complexity index is 1070. The van der Waals surface area contributed by atoms with Gasteiger partial charge in [-0.1, -0.05) is 36.4 Å². The van der Waals surface area contributed by atoms with Crippen molar-refractivity contribution in [3.05, 3.63) is 71.8 Å². The molecule has 1 aliphatic carbocycles. The van der Waals surface area contributed by atoms with Crippen LogP contribution in [-0.4, -0.2) is 23.2 Å². The Morgan fingerprint density at radius 3 is 2.44 bits per heavy atom. The SMILES string of the molecule is CCOc1ccc(NC(=S)N/N=C2/C(=O)c3cccc4cccc2c34)cc1. The summed E-state index contributed by atoms with van der Waals surface area (Å²) in [7, 11) is 0. The van der Waals surface area contributed by atoms with E-state index in [1.165, 1.54) is 0 Å². The summed E-state index contributed by atoms with van der Waals surface area (Å²) in [5.74, 6) is 0.697. The molecular weight excluding hydrogens is 358 g/mol. The highest BCUT2D eigenvalue weighted by Gasteiger charge is 2.28. The summed E-state index contributed by atoms with van der Waals surface area (Å²) in [6, 6.07) is 19.0. The number of hydrazone groups is 1. The van der Waals surface area contributed by atoms with Gasteiger partial charge in [0.25, 0.3) is 0 Å². The summed E-state index contributed by atoms with van der Waals surface area (Å²) < 4.78 is 5.42. The van der Waals surface area contributed by atoms with E-state index in [4.69, 9.17) is 17.0 Å². The smallest absolute Gasteiger partial charge is 0.214 e. The molecule has 0 unspecified atom stereocenters. The first-order valence-electron chi connectivity index (χ1n) is 8.61. The summed E-state index contributed by atoms with van der Waals surface area (Å²) in [6.45, 7) is 2.56. The van der Waals surface area contributed by atoms with E-state index >= 15 is 0 Å². The summed E-state index contributed by atoms with van der Waals surface area (Å²) in [5.41, 5.74) is 5.45. The monoisotopic (exact) mass is 375 g/mol. The van der Waals surface area contributed by atoms with Crippen LogP contribution < -0.4 is 15.5 Å². The van der Waals surface area contributed by atoms with Gasteiger partial charge >= 0.3 is 0 Å². The summed E-state index contributed by atoms with van der Waals surface area (Å²) in [4.78, 5) is 12.7. The Balaban J connectivity index is 1.51. The molecule has 3 aromatic carbocycles. The third-order valence-corrected chi connectivity index (χ3v) is 4.51. The number of benzene rings is 3. The minimum Gasteiger partial charge on any atom is -0.494 e. The molecule has 4 rings (SSSR count). The zero-order chi connectivity index (χ0) is 18.8. The van der Waals surface area contributed by atoms with E-state index in [-0.39, 0.29) is 5.78 Å². The Kier molecular flexibility index (Phi) is 4.56. The first-order chi connectivity index (χ1) is 13.2. The number of Topliss-reactive ketones (excluding diaryl/α,β-unsaturated/α-hetero) is 1. The molecular formula is C21H17N3O2S. The minimum atomic E-state index is -0.0989. The molecule has 27 heavy (non-hydrogen) atoms. The second kappa shape index (κ2) is 7.17. The number of rotatable bonds is 4. The molecule has 0 aliphatic heterocycles.